The number of benzene rings is 2. The fourth-order valence-electron chi connectivity index (χ4n) is 2.57. The fraction of sp³-hybridized carbons (Fsp3) is 0.350. The molecule has 2 aromatic rings. The van der Waals surface area contributed by atoms with E-state index in [1.165, 1.54) is 0 Å². The predicted octanol–water partition coefficient (Wildman–Crippen LogP) is 4.85. The molecule has 1 amide bonds. The average molecular weight is 343 g/mol. The largest absolute Gasteiger partial charge is 0.497 e. The van der Waals surface area contributed by atoms with Crippen LogP contribution in [0.4, 0.5) is 5.69 Å². The van der Waals surface area contributed by atoms with Crippen molar-refractivity contribution in [2.45, 2.75) is 38.6 Å². The summed E-state index contributed by atoms with van der Waals surface area (Å²) in [5.41, 5.74) is 3.29. The van der Waals surface area contributed by atoms with E-state index in [-0.39, 0.29) is 11.9 Å². The van der Waals surface area contributed by atoms with Crippen molar-refractivity contribution in [1.29, 1.82) is 0 Å². The van der Waals surface area contributed by atoms with Gasteiger partial charge in [-0.05, 0) is 69.2 Å². The summed E-state index contributed by atoms with van der Waals surface area (Å²) in [6, 6.07) is 14.1. The number of aryl methyl sites for hydroxylation is 2. The van der Waals surface area contributed by atoms with Crippen molar-refractivity contribution in [2.75, 3.05) is 17.8 Å². The molecule has 2 rings (SSSR count). The Balaban J connectivity index is 2.13. The summed E-state index contributed by atoms with van der Waals surface area (Å²) in [7, 11) is 1.65. The van der Waals surface area contributed by atoms with Gasteiger partial charge < -0.3 is 9.64 Å². The monoisotopic (exact) mass is 343 g/mol. The first-order valence-electron chi connectivity index (χ1n) is 8.08. The van der Waals surface area contributed by atoms with Crippen molar-refractivity contribution in [2.24, 2.45) is 0 Å². The van der Waals surface area contributed by atoms with Crippen LogP contribution in [0.15, 0.2) is 47.4 Å². The molecule has 0 saturated heterocycles. The highest BCUT2D eigenvalue weighted by molar-refractivity contribution is 8.00. The van der Waals surface area contributed by atoms with Gasteiger partial charge in [0.1, 0.15) is 5.75 Å². The van der Waals surface area contributed by atoms with E-state index in [1.54, 1.807) is 18.9 Å². The SMILES string of the molecule is COc1ccc(SCC(=O)N(c2cc(C)ccc2C)C(C)C)cc1. The molecule has 0 fully saturated rings. The number of thioether (sulfide) groups is 1. The molecule has 24 heavy (non-hydrogen) atoms. The Morgan fingerprint density at radius 1 is 1.12 bits per heavy atom. The van der Waals surface area contributed by atoms with Crippen molar-refractivity contribution in [3.63, 3.8) is 0 Å². The summed E-state index contributed by atoms with van der Waals surface area (Å²) in [6.45, 7) is 8.21. The zero-order valence-corrected chi connectivity index (χ0v) is 15.8. The third-order valence-corrected chi connectivity index (χ3v) is 4.83. The molecule has 0 aliphatic rings. The lowest BCUT2D eigenvalue weighted by Gasteiger charge is -2.28. The summed E-state index contributed by atoms with van der Waals surface area (Å²) in [5.74, 6) is 1.36. The van der Waals surface area contributed by atoms with E-state index < -0.39 is 0 Å². The van der Waals surface area contributed by atoms with Crippen LogP contribution in [0.3, 0.4) is 0 Å². The van der Waals surface area contributed by atoms with E-state index in [0.717, 1.165) is 27.5 Å². The van der Waals surface area contributed by atoms with Crippen LogP contribution in [0.5, 0.6) is 5.75 Å². The Labute approximate surface area is 149 Å². The lowest BCUT2D eigenvalue weighted by atomic mass is 10.1. The Bertz CT molecular complexity index is 695. The quantitative estimate of drug-likeness (QED) is 0.703. The highest BCUT2D eigenvalue weighted by atomic mass is 32.2. The second-order valence-corrected chi connectivity index (χ2v) is 7.16. The molecule has 0 saturated carbocycles. The number of methoxy groups -OCH3 is 1. The van der Waals surface area contributed by atoms with Gasteiger partial charge in [0.05, 0.1) is 12.9 Å². The molecule has 0 radical (unpaired) electrons. The fourth-order valence-corrected chi connectivity index (χ4v) is 3.32. The number of anilines is 1. The van der Waals surface area contributed by atoms with Gasteiger partial charge in [-0.2, -0.15) is 0 Å². The lowest BCUT2D eigenvalue weighted by Crippen LogP contribution is -2.38. The van der Waals surface area contributed by atoms with Crippen LogP contribution in [-0.2, 0) is 4.79 Å². The third kappa shape index (κ3) is 4.54. The van der Waals surface area contributed by atoms with E-state index in [4.69, 9.17) is 4.74 Å². The van der Waals surface area contributed by atoms with Gasteiger partial charge in [0.2, 0.25) is 5.91 Å². The second kappa shape index (κ2) is 8.25. The summed E-state index contributed by atoms with van der Waals surface area (Å²) < 4.78 is 5.16. The van der Waals surface area contributed by atoms with Gasteiger partial charge in [-0.25, -0.2) is 0 Å². The first-order valence-corrected chi connectivity index (χ1v) is 9.07. The Morgan fingerprint density at radius 2 is 1.79 bits per heavy atom. The molecule has 0 unspecified atom stereocenters. The van der Waals surface area contributed by atoms with Crippen LogP contribution in [0.1, 0.15) is 25.0 Å². The average Bonchev–Trinajstić information content (AvgIpc) is 2.56. The minimum atomic E-state index is 0.120. The topological polar surface area (TPSA) is 29.5 Å². The minimum Gasteiger partial charge on any atom is -0.497 e. The minimum absolute atomic E-state index is 0.120. The maximum atomic E-state index is 12.8. The first-order chi connectivity index (χ1) is 11.4. The molecule has 0 N–H and O–H groups in total. The maximum Gasteiger partial charge on any atom is 0.237 e. The van der Waals surface area contributed by atoms with Crippen molar-refractivity contribution in [1.82, 2.24) is 0 Å². The molecule has 0 aliphatic heterocycles. The molecule has 3 nitrogen and oxygen atoms in total. The summed E-state index contributed by atoms with van der Waals surface area (Å²) >= 11 is 1.55. The highest BCUT2D eigenvalue weighted by Gasteiger charge is 2.20. The van der Waals surface area contributed by atoms with Gasteiger partial charge in [0.15, 0.2) is 0 Å². The smallest absolute Gasteiger partial charge is 0.237 e. The van der Waals surface area contributed by atoms with E-state index in [0.29, 0.717) is 5.75 Å². The lowest BCUT2D eigenvalue weighted by molar-refractivity contribution is -0.116. The molecule has 0 bridgehead atoms. The van der Waals surface area contributed by atoms with Crippen LogP contribution >= 0.6 is 11.8 Å². The van der Waals surface area contributed by atoms with Crippen LogP contribution in [0.25, 0.3) is 0 Å². The number of nitrogens with zero attached hydrogens (tertiary/aromatic N) is 1. The molecule has 0 atom stereocenters. The molecule has 128 valence electrons. The zero-order valence-electron chi connectivity index (χ0n) is 15.0. The van der Waals surface area contributed by atoms with Crippen molar-refractivity contribution in [3.8, 4) is 5.75 Å². The molecule has 0 heterocycles. The van der Waals surface area contributed by atoms with Crippen LogP contribution in [0, 0.1) is 13.8 Å². The van der Waals surface area contributed by atoms with Gasteiger partial charge >= 0.3 is 0 Å². The Hall–Kier alpha value is -1.94. The number of hydrogen-bond donors (Lipinski definition) is 0. The number of carbonyl (C=O) groups excluding carboxylic acids is 1. The van der Waals surface area contributed by atoms with Crippen molar-refractivity contribution in [3.05, 3.63) is 53.6 Å². The van der Waals surface area contributed by atoms with E-state index in [1.807, 2.05) is 36.1 Å². The third-order valence-electron chi connectivity index (χ3n) is 3.83. The first kappa shape index (κ1) is 18.4. The molecular weight excluding hydrogens is 318 g/mol. The van der Waals surface area contributed by atoms with Gasteiger partial charge in [-0.3, -0.25) is 4.79 Å². The van der Waals surface area contributed by atoms with Gasteiger partial charge in [0.25, 0.3) is 0 Å². The predicted molar refractivity (Wildman–Crippen MR) is 102 cm³/mol. The number of rotatable bonds is 6. The Morgan fingerprint density at radius 3 is 2.38 bits per heavy atom. The number of amides is 1. The molecule has 0 aromatic heterocycles. The van der Waals surface area contributed by atoms with Gasteiger partial charge in [0, 0.05) is 16.6 Å². The highest BCUT2D eigenvalue weighted by Crippen LogP contribution is 2.27. The number of ether oxygens (including phenoxy) is 1. The normalized spacial score (nSPS) is 10.8. The molecule has 0 spiro atoms. The zero-order chi connectivity index (χ0) is 17.7. The maximum absolute atomic E-state index is 12.8. The van der Waals surface area contributed by atoms with Crippen LogP contribution < -0.4 is 9.64 Å². The van der Waals surface area contributed by atoms with Crippen molar-refractivity contribution < 1.29 is 9.53 Å². The number of hydrogen-bond acceptors (Lipinski definition) is 3. The molecule has 0 aliphatic carbocycles. The standard InChI is InChI=1S/C20H25NO2S/c1-14(2)21(19-12-15(3)6-7-16(19)4)20(22)13-24-18-10-8-17(23-5)9-11-18/h6-12,14H,13H2,1-5H3. The molecule has 2 aromatic carbocycles. The number of carbonyl (C=O) groups is 1. The van der Waals surface area contributed by atoms with E-state index >= 15 is 0 Å². The summed E-state index contributed by atoms with van der Waals surface area (Å²) in [4.78, 5) is 15.8. The van der Waals surface area contributed by atoms with Gasteiger partial charge in [-0.15, -0.1) is 11.8 Å². The second-order valence-electron chi connectivity index (χ2n) is 6.11. The van der Waals surface area contributed by atoms with Crippen LogP contribution in [-0.4, -0.2) is 24.8 Å². The summed E-state index contributed by atoms with van der Waals surface area (Å²) in [6.07, 6.45) is 0. The molecular formula is C20H25NO2S. The summed E-state index contributed by atoms with van der Waals surface area (Å²) in [5, 5.41) is 0. The van der Waals surface area contributed by atoms with E-state index in [2.05, 4.69) is 39.0 Å². The van der Waals surface area contributed by atoms with Gasteiger partial charge in [-0.1, -0.05) is 12.1 Å². The van der Waals surface area contributed by atoms with Crippen LogP contribution in [0.2, 0.25) is 0 Å². The van der Waals surface area contributed by atoms with Crippen molar-refractivity contribution >= 4 is 23.4 Å². The Kier molecular flexibility index (Phi) is 6.32. The molecule has 4 heteroatoms. The van der Waals surface area contributed by atoms with E-state index in [9.17, 15) is 4.79 Å².